The number of allylic oxidation sites excluding steroid dienone is 1. The number of alkyl halides is 1. The highest BCUT2D eigenvalue weighted by atomic mass is 35.5. The lowest BCUT2D eigenvalue weighted by molar-refractivity contribution is -0.119. The van der Waals surface area contributed by atoms with Gasteiger partial charge in [-0.3, -0.25) is 4.79 Å². The van der Waals surface area contributed by atoms with Crippen molar-refractivity contribution < 1.29 is 9.36 Å². The minimum atomic E-state index is -2.90. The smallest absolute Gasteiger partial charge is 0.132 e. The van der Waals surface area contributed by atoms with Crippen molar-refractivity contribution in [1.29, 1.82) is 0 Å². The van der Waals surface area contributed by atoms with Gasteiger partial charge in [0.25, 0.3) is 0 Å². The molecule has 0 saturated heterocycles. The van der Waals surface area contributed by atoms with Crippen LogP contribution in [0, 0.1) is 5.92 Å². The highest BCUT2D eigenvalue weighted by Gasteiger charge is 2.47. The van der Waals surface area contributed by atoms with Crippen molar-refractivity contribution in [2.24, 2.45) is 5.92 Å². The lowest BCUT2D eigenvalue weighted by Gasteiger charge is -2.41. The summed E-state index contributed by atoms with van der Waals surface area (Å²) in [6.07, 6.45) is 0.902. The van der Waals surface area contributed by atoms with Gasteiger partial charge < -0.3 is 4.57 Å². The summed E-state index contributed by atoms with van der Waals surface area (Å²) in [4.78, 5) is 12.0. The molecule has 0 heterocycles. The molecule has 0 saturated carbocycles. The third kappa shape index (κ3) is 4.41. The Morgan fingerprint density at radius 2 is 1.79 bits per heavy atom. The zero-order valence-electron chi connectivity index (χ0n) is 15.5. The Hall–Kier alpha value is -0.850. The maximum Gasteiger partial charge on any atom is 0.132 e. The molecule has 0 aliphatic heterocycles. The van der Waals surface area contributed by atoms with Crippen molar-refractivity contribution in [3.63, 3.8) is 0 Å². The maximum absolute atomic E-state index is 14.4. The third-order valence-electron chi connectivity index (χ3n) is 4.60. The predicted molar refractivity (Wildman–Crippen MR) is 106 cm³/mol. The van der Waals surface area contributed by atoms with E-state index < -0.39 is 12.3 Å². The van der Waals surface area contributed by atoms with Crippen LogP contribution in [0.15, 0.2) is 42.5 Å². The van der Waals surface area contributed by atoms with E-state index in [1.165, 1.54) is 0 Å². The normalized spacial score (nSPS) is 16.9. The van der Waals surface area contributed by atoms with Gasteiger partial charge >= 0.3 is 0 Å². The summed E-state index contributed by atoms with van der Waals surface area (Å²) in [5, 5.41) is 0.391. The second-order valence-corrected chi connectivity index (χ2v) is 11.5. The number of hydrogen-bond acceptors (Lipinski definition) is 2. The molecule has 134 valence electrons. The molecule has 0 N–H and O–H groups in total. The summed E-state index contributed by atoms with van der Waals surface area (Å²) in [7, 11) is -2.90. The van der Waals surface area contributed by atoms with Gasteiger partial charge in [-0.1, -0.05) is 77.1 Å². The van der Waals surface area contributed by atoms with E-state index in [9.17, 15) is 9.36 Å². The van der Waals surface area contributed by atoms with Crippen LogP contribution in [0.2, 0.25) is 0 Å². The number of benzene rings is 1. The molecule has 0 bridgehead atoms. The molecule has 0 radical (unpaired) electrons. The van der Waals surface area contributed by atoms with Crippen LogP contribution in [-0.4, -0.2) is 22.5 Å². The Morgan fingerprint density at radius 3 is 2.21 bits per heavy atom. The number of carbonyl (C=O) groups excluding carboxylic acids is 1. The molecule has 2 unspecified atom stereocenters. The number of Topliss-reactive ketones (excluding diaryl/α,β-unsaturated/α-hetero) is 1. The van der Waals surface area contributed by atoms with E-state index in [1.54, 1.807) is 0 Å². The van der Waals surface area contributed by atoms with E-state index in [4.69, 9.17) is 11.6 Å². The van der Waals surface area contributed by atoms with Gasteiger partial charge in [-0.2, -0.15) is 0 Å². The second kappa shape index (κ2) is 8.50. The van der Waals surface area contributed by atoms with Gasteiger partial charge in [0.1, 0.15) is 12.9 Å². The number of hydrogen-bond donors (Lipinski definition) is 0. The van der Waals surface area contributed by atoms with Crippen LogP contribution in [0.5, 0.6) is 0 Å². The molecular formula is C20H30ClO2P. The molecule has 0 amide bonds. The summed E-state index contributed by atoms with van der Waals surface area (Å²) in [6.45, 7) is 14.0. The van der Waals surface area contributed by atoms with Gasteiger partial charge in [0.15, 0.2) is 0 Å². The zero-order chi connectivity index (χ0) is 18.5. The van der Waals surface area contributed by atoms with Gasteiger partial charge in [0.05, 0.1) is 0 Å². The summed E-state index contributed by atoms with van der Waals surface area (Å²) < 4.78 is 14.4. The molecule has 24 heavy (non-hydrogen) atoms. The minimum Gasteiger partial charge on any atom is -0.317 e. The molecule has 0 aromatic heterocycles. The molecule has 0 spiro atoms. The Labute approximate surface area is 152 Å². The molecule has 4 heteroatoms. The van der Waals surface area contributed by atoms with Crippen molar-refractivity contribution >= 4 is 29.8 Å². The van der Waals surface area contributed by atoms with Gasteiger partial charge in [-0.05, 0) is 5.92 Å². The number of halogens is 1. The van der Waals surface area contributed by atoms with E-state index in [0.29, 0.717) is 12.8 Å². The fourth-order valence-electron chi connectivity index (χ4n) is 3.33. The third-order valence-corrected chi connectivity index (χ3v) is 9.66. The van der Waals surface area contributed by atoms with Crippen LogP contribution in [0.25, 0.3) is 0 Å². The van der Waals surface area contributed by atoms with Crippen LogP contribution in [0.1, 0.15) is 47.5 Å². The van der Waals surface area contributed by atoms with E-state index in [1.807, 2.05) is 65.0 Å². The summed E-state index contributed by atoms with van der Waals surface area (Å²) in [5.41, 5.74) is 0.461. The van der Waals surface area contributed by atoms with Crippen molar-refractivity contribution in [2.45, 2.75) is 58.3 Å². The van der Waals surface area contributed by atoms with Crippen molar-refractivity contribution in [1.82, 2.24) is 0 Å². The van der Waals surface area contributed by atoms with E-state index in [2.05, 4.69) is 6.58 Å². The number of ketones is 1. The standard InChI is InChI=1S/C20H30ClO2P/c1-7-17(22)13-15(2)19(16(3)14-21)24(23,20(4,5)6)18-11-9-8-10-12-18/h8-12,15,19H,3,7,13-14H2,1-2,4-6H3/t15-,19?,24?/m0/s1. The van der Waals surface area contributed by atoms with Gasteiger partial charge in [0, 0.05) is 34.8 Å². The van der Waals surface area contributed by atoms with Crippen LogP contribution < -0.4 is 5.30 Å². The van der Waals surface area contributed by atoms with Crippen molar-refractivity contribution in [3.05, 3.63) is 42.5 Å². The van der Waals surface area contributed by atoms with Crippen LogP contribution in [0.3, 0.4) is 0 Å². The average molecular weight is 369 g/mol. The Balaban J connectivity index is 3.51. The molecule has 0 fully saturated rings. The molecule has 2 nitrogen and oxygen atoms in total. The first-order chi connectivity index (χ1) is 11.1. The topological polar surface area (TPSA) is 34.1 Å². The molecular weight excluding hydrogens is 339 g/mol. The number of carbonyl (C=O) groups is 1. The minimum absolute atomic E-state index is 0.0611. The van der Waals surface area contributed by atoms with Crippen molar-refractivity contribution in [2.75, 3.05) is 5.88 Å². The molecule has 1 aromatic carbocycles. The first kappa shape index (κ1) is 21.2. The molecule has 0 aliphatic carbocycles. The van der Waals surface area contributed by atoms with Gasteiger partial charge in [0.2, 0.25) is 0 Å². The number of rotatable bonds is 8. The van der Waals surface area contributed by atoms with Gasteiger partial charge in [-0.25, -0.2) is 0 Å². The zero-order valence-corrected chi connectivity index (χ0v) is 17.2. The maximum atomic E-state index is 14.4. The molecule has 3 atom stereocenters. The highest BCUT2D eigenvalue weighted by molar-refractivity contribution is 7.73. The van der Waals surface area contributed by atoms with E-state index >= 15 is 0 Å². The summed E-state index contributed by atoms with van der Waals surface area (Å²) in [6, 6.07) is 9.60. The molecule has 1 rings (SSSR count). The quantitative estimate of drug-likeness (QED) is 0.338. The predicted octanol–water partition coefficient (Wildman–Crippen LogP) is 5.64. The van der Waals surface area contributed by atoms with Gasteiger partial charge in [-0.15, -0.1) is 11.6 Å². The Kier molecular flexibility index (Phi) is 7.50. The fourth-order valence-corrected chi connectivity index (χ4v) is 7.57. The van der Waals surface area contributed by atoms with Crippen LogP contribution >= 0.6 is 18.7 Å². The average Bonchev–Trinajstić information content (AvgIpc) is 2.54. The van der Waals surface area contributed by atoms with E-state index in [-0.39, 0.29) is 23.2 Å². The molecule has 1 aromatic rings. The summed E-state index contributed by atoms with van der Waals surface area (Å²) >= 11 is 6.10. The lowest BCUT2D eigenvalue weighted by atomic mass is 9.96. The first-order valence-electron chi connectivity index (χ1n) is 8.50. The van der Waals surface area contributed by atoms with Crippen LogP contribution in [-0.2, 0) is 9.36 Å². The highest BCUT2D eigenvalue weighted by Crippen LogP contribution is 2.64. The van der Waals surface area contributed by atoms with Crippen molar-refractivity contribution in [3.8, 4) is 0 Å². The Morgan fingerprint density at radius 1 is 1.25 bits per heavy atom. The Bertz CT molecular complexity index is 616. The first-order valence-corrected chi connectivity index (χ1v) is 10.8. The molecule has 0 aliphatic rings. The summed E-state index contributed by atoms with van der Waals surface area (Å²) in [5.74, 6) is 0.375. The van der Waals surface area contributed by atoms with E-state index in [0.717, 1.165) is 10.9 Å². The second-order valence-electron chi connectivity index (χ2n) is 7.47. The largest absolute Gasteiger partial charge is 0.317 e. The van der Waals surface area contributed by atoms with Crippen LogP contribution in [0.4, 0.5) is 0 Å². The lowest BCUT2D eigenvalue weighted by Crippen LogP contribution is -2.36. The SMILES string of the molecule is C=C(CCl)C([C@@H](C)CC(=O)CC)P(=O)(c1ccccc1)C(C)(C)C. The fraction of sp³-hybridized carbons (Fsp3) is 0.550. The monoisotopic (exact) mass is 368 g/mol.